The SMILES string of the molecule is CC(C)C(C)(CCl)CCCOCc1ccccc1. The summed E-state index contributed by atoms with van der Waals surface area (Å²) >= 11 is 6.07. The molecular weight excluding hydrogens is 244 g/mol. The Balaban J connectivity index is 2.19. The van der Waals surface area contributed by atoms with Gasteiger partial charge < -0.3 is 4.74 Å². The fourth-order valence-corrected chi connectivity index (χ4v) is 2.29. The van der Waals surface area contributed by atoms with Crippen LogP contribution in [0.3, 0.4) is 0 Å². The molecule has 0 spiro atoms. The van der Waals surface area contributed by atoms with E-state index in [1.165, 1.54) is 5.56 Å². The highest BCUT2D eigenvalue weighted by molar-refractivity contribution is 6.18. The van der Waals surface area contributed by atoms with E-state index in [2.05, 4.69) is 32.9 Å². The zero-order valence-corrected chi connectivity index (χ0v) is 12.5. The Labute approximate surface area is 116 Å². The van der Waals surface area contributed by atoms with Gasteiger partial charge in [0, 0.05) is 12.5 Å². The molecule has 0 radical (unpaired) electrons. The van der Waals surface area contributed by atoms with Crippen molar-refractivity contribution in [2.24, 2.45) is 11.3 Å². The van der Waals surface area contributed by atoms with Crippen LogP contribution in [0.1, 0.15) is 39.2 Å². The van der Waals surface area contributed by atoms with E-state index in [9.17, 15) is 0 Å². The Bertz CT molecular complexity index is 323. The number of alkyl halides is 1. The molecule has 0 fully saturated rings. The summed E-state index contributed by atoms with van der Waals surface area (Å²) in [5, 5.41) is 0. The van der Waals surface area contributed by atoms with E-state index >= 15 is 0 Å². The Morgan fingerprint density at radius 1 is 1.22 bits per heavy atom. The lowest BCUT2D eigenvalue weighted by Crippen LogP contribution is -2.25. The first-order valence-electron chi connectivity index (χ1n) is 6.76. The molecule has 1 aromatic carbocycles. The minimum atomic E-state index is 0.234. The Morgan fingerprint density at radius 3 is 2.44 bits per heavy atom. The highest BCUT2D eigenvalue weighted by Crippen LogP contribution is 2.33. The van der Waals surface area contributed by atoms with Crippen LogP contribution in [0.25, 0.3) is 0 Å². The summed E-state index contributed by atoms with van der Waals surface area (Å²) in [6, 6.07) is 10.3. The predicted octanol–water partition coefficient (Wildman–Crippen LogP) is 4.88. The smallest absolute Gasteiger partial charge is 0.0716 e. The molecule has 1 aromatic rings. The summed E-state index contributed by atoms with van der Waals surface area (Å²) in [6.45, 7) is 8.27. The molecular formula is C16H25ClO. The molecule has 0 aliphatic heterocycles. The molecule has 0 saturated heterocycles. The molecule has 1 nitrogen and oxygen atoms in total. The zero-order chi connectivity index (χ0) is 13.4. The van der Waals surface area contributed by atoms with Crippen molar-refractivity contribution < 1.29 is 4.74 Å². The largest absolute Gasteiger partial charge is 0.377 e. The number of ether oxygens (including phenoxy) is 1. The normalized spacial score (nSPS) is 14.7. The molecule has 1 unspecified atom stereocenters. The highest BCUT2D eigenvalue weighted by atomic mass is 35.5. The third-order valence-corrected chi connectivity index (χ3v) is 4.46. The van der Waals surface area contributed by atoms with Crippen molar-refractivity contribution in [2.75, 3.05) is 12.5 Å². The number of rotatable bonds is 8. The van der Waals surface area contributed by atoms with Crippen molar-refractivity contribution in [3.63, 3.8) is 0 Å². The first-order chi connectivity index (χ1) is 8.58. The fourth-order valence-electron chi connectivity index (χ4n) is 1.85. The Hall–Kier alpha value is -0.530. The van der Waals surface area contributed by atoms with E-state index in [4.69, 9.17) is 16.3 Å². The summed E-state index contributed by atoms with van der Waals surface area (Å²) in [4.78, 5) is 0. The van der Waals surface area contributed by atoms with Crippen LogP contribution in [0, 0.1) is 11.3 Å². The third-order valence-electron chi connectivity index (χ3n) is 3.85. The van der Waals surface area contributed by atoms with Crippen molar-refractivity contribution in [3.8, 4) is 0 Å². The maximum atomic E-state index is 6.07. The van der Waals surface area contributed by atoms with Gasteiger partial charge in [0.1, 0.15) is 0 Å². The van der Waals surface area contributed by atoms with Crippen LogP contribution in [-0.4, -0.2) is 12.5 Å². The van der Waals surface area contributed by atoms with Gasteiger partial charge in [-0.05, 0) is 29.7 Å². The molecule has 0 aliphatic rings. The molecule has 1 rings (SSSR count). The van der Waals surface area contributed by atoms with E-state index in [-0.39, 0.29) is 5.41 Å². The minimum Gasteiger partial charge on any atom is -0.377 e. The molecule has 1 atom stereocenters. The minimum absolute atomic E-state index is 0.234. The summed E-state index contributed by atoms with van der Waals surface area (Å²) in [6.07, 6.45) is 2.21. The van der Waals surface area contributed by atoms with Gasteiger partial charge in [-0.25, -0.2) is 0 Å². The van der Waals surface area contributed by atoms with Crippen molar-refractivity contribution in [3.05, 3.63) is 35.9 Å². The maximum Gasteiger partial charge on any atom is 0.0716 e. The second kappa shape index (κ2) is 7.81. The molecule has 18 heavy (non-hydrogen) atoms. The summed E-state index contributed by atoms with van der Waals surface area (Å²) in [5.41, 5.74) is 1.47. The quantitative estimate of drug-likeness (QED) is 0.482. The van der Waals surface area contributed by atoms with Gasteiger partial charge in [0.25, 0.3) is 0 Å². The monoisotopic (exact) mass is 268 g/mol. The van der Waals surface area contributed by atoms with Gasteiger partial charge in [0.15, 0.2) is 0 Å². The third kappa shape index (κ3) is 4.99. The molecule has 0 saturated carbocycles. The van der Waals surface area contributed by atoms with E-state index < -0.39 is 0 Å². The van der Waals surface area contributed by atoms with Crippen molar-refractivity contribution in [2.45, 2.75) is 40.2 Å². The van der Waals surface area contributed by atoms with Crippen molar-refractivity contribution in [1.82, 2.24) is 0 Å². The van der Waals surface area contributed by atoms with Crippen LogP contribution in [0.15, 0.2) is 30.3 Å². The van der Waals surface area contributed by atoms with Gasteiger partial charge in [-0.15, -0.1) is 11.6 Å². The second-order valence-corrected chi connectivity index (χ2v) is 5.85. The van der Waals surface area contributed by atoms with Gasteiger partial charge in [-0.3, -0.25) is 0 Å². The van der Waals surface area contributed by atoms with Gasteiger partial charge >= 0.3 is 0 Å². The number of halogens is 1. The maximum absolute atomic E-state index is 6.07. The van der Waals surface area contributed by atoms with Gasteiger partial charge in [0.05, 0.1) is 6.61 Å². The molecule has 2 heteroatoms. The van der Waals surface area contributed by atoms with Crippen molar-refractivity contribution >= 4 is 11.6 Å². The lowest BCUT2D eigenvalue weighted by molar-refractivity contribution is 0.102. The van der Waals surface area contributed by atoms with Crippen LogP contribution >= 0.6 is 11.6 Å². The van der Waals surface area contributed by atoms with E-state index in [0.29, 0.717) is 12.5 Å². The van der Waals surface area contributed by atoms with E-state index in [0.717, 1.165) is 25.3 Å². The predicted molar refractivity (Wildman–Crippen MR) is 79.0 cm³/mol. The lowest BCUT2D eigenvalue weighted by atomic mass is 9.77. The van der Waals surface area contributed by atoms with Crippen LogP contribution in [0.4, 0.5) is 0 Å². The first kappa shape index (κ1) is 15.5. The van der Waals surface area contributed by atoms with Crippen LogP contribution in [-0.2, 0) is 11.3 Å². The van der Waals surface area contributed by atoms with E-state index in [1.807, 2.05) is 18.2 Å². The van der Waals surface area contributed by atoms with Crippen LogP contribution in [0.2, 0.25) is 0 Å². The van der Waals surface area contributed by atoms with Gasteiger partial charge in [-0.2, -0.15) is 0 Å². The first-order valence-corrected chi connectivity index (χ1v) is 7.29. The summed E-state index contributed by atoms with van der Waals surface area (Å²) < 4.78 is 5.70. The van der Waals surface area contributed by atoms with Gasteiger partial charge in [0.2, 0.25) is 0 Å². The lowest BCUT2D eigenvalue weighted by Gasteiger charge is -2.31. The molecule has 0 amide bonds. The molecule has 0 bridgehead atoms. The fraction of sp³-hybridized carbons (Fsp3) is 0.625. The Morgan fingerprint density at radius 2 is 1.89 bits per heavy atom. The molecule has 0 aliphatic carbocycles. The standard InChI is InChI=1S/C16H25ClO/c1-14(2)16(3,13-17)10-7-11-18-12-15-8-5-4-6-9-15/h4-6,8-9,14H,7,10-13H2,1-3H3. The highest BCUT2D eigenvalue weighted by Gasteiger charge is 2.26. The molecule has 0 aromatic heterocycles. The summed E-state index contributed by atoms with van der Waals surface area (Å²) in [5.74, 6) is 1.34. The number of benzene rings is 1. The number of hydrogen-bond donors (Lipinski definition) is 0. The average Bonchev–Trinajstić information content (AvgIpc) is 2.39. The number of hydrogen-bond acceptors (Lipinski definition) is 1. The second-order valence-electron chi connectivity index (χ2n) is 5.58. The molecule has 0 N–H and O–H groups in total. The zero-order valence-electron chi connectivity index (χ0n) is 11.8. The Kier molecular flexibility index (Phi) is 6.73. The molecule has 0 heterocycles. The van der Waals surface area contributed by atoms with Crippen LogP contribution in [0.5, 0.6) is 0 Å². The summed E-state index contributed by atoms with van der Waals surface area (Å²) in [7, 11) is 0. The topological polar surface area (TPSA) is 9.23 Å². The van der Waals surface area contributed by atoms with Crippen LogP contribution < -0.4 is 0 Å². The molecule has 102 valence electrons. The van der Waals surface area contributed by atoms with E-state index in [1.54, 1.807) is 0 Å². The van der Waals surface area contributed by atoms with Crippen molar-refractivity contribution in [1.29, 1.82) is 0 Å². The average molecular weight is 269 g/mol. The van der Waals surface area contributed by atoms with Gasteiger partial charge in [-0.1, -0.05) is 51.1 Å².